The van der Waals surface area contributed by atoms with E-state index >= 15 is 0 Å². The predicted octanol–water partition coefficient (Wildman–Crippen LogP) is 6.00. The van der Waals surface area contributed by atoms with E-state index in [2.05, 4.69) is 110 Å². The normalized spacial score (nSPS) is 13.0. The number of hydrogen-bond acceptors (Lipinski definition) is 2. The second-order valence-electron chi connectivity index (χ2n) is 9.67. The molecule has 3 aromatic rings. The van der Waals surface area contributed by atoms with Gasteiger partial charge in [0.15, 0.2) is 0 Å². The second-order valence-corrected chi connectivity index (χ2v) is 9.67. The van der Waals surface area contributed by atoms with Crippen molar-refractivity contribution in [2.45, 2.75) is 71.7 Å². The number of hydrogen-bond donors (Lipinski definition) is 1. The molecule has 1 atom stereocenters. The molecule has 3 heteroatoms. The molecule has 2 aromatic carbocycles. The molecular weight excluding hydrogens is 380 g/mol. The summed E-state index contributed by atoms with van der Waals surface area (Å²) in [4.78, 5) is 2.37. The zero-order valence-corrected chi connectivity index (χ0v) is 19.6. The van der Waals surface area contributed by atoms with Crippen molar-refractivity contribution in [3.63, 3.8) is 0 Å². The SMILES string of the molecule is CCC[C@H](O)CN(Cc1ccccc1)Cc1cccn1Cc1ccc(C(C)(C)C)cc1. The number of rotatable bonds is 10. The van der Waals surface area contributed by atoms with Crippen molar-refractivity contribution in [3.05, 3.63) is 95.3 Å². The molecule has 0 spiro atoms. The van der Waals surface area contributed by atoms with Gasteiger partial charge in [-0.2, -0.15) is 0 Å². The van der Waals surface area contributed by atoms with Gasteiger partial charge in [0.05, 0.1) is 6.10 Å². The van der Waals surface area contributed by atoms with Gasteiger partial charge in [-0.15, -0.1) is 0 Å². The summed E-state index contributed by atoms with van der Waals surface area (Å²) < 4.78 is 2.33. The van der Waals surface area contributed by atoms with Gasteiger partial charge in [-0.1, -0.05) is 88.7 Å². The van der Waals surface area contributed by atoms with Crippen molar-refractivity contribution in [2.75, 3.05) is 6.54 Å². The Kier molecular flexibility index (Phi) is 8.11. The molecule has 3 nitrogen and oxygen atoms in total. The Hall–Kier alpha value is -2.36. The average Bonchev–Trinajstić information content (AvgIpc) is 3.15. The Bertz CT molecular complexity index is 906. The van der Waals surface area contributed by atoms with Gasteiger partial charge in [-0.25, -0.2) is 0 Å². The first-order valence-corrected chi connectivity index (χ1v) is 11.5. The maximum Gasteiger partial charge on any atom is 0.0667 e. The van der Waals surface area contributed by atoms with Gasteiger partial charge in [0.25, 0.3) is 0 Å². The molecule has 0 aliphatic carbocycles. The number of aliphatic hydroxyl groups excluding tert-OH is 1. The van der Waals surface area contributed by atoms with Crippen molar-refractivity contribution in [2.24, 2.45) is 0 Å². The first-order valence-electron chi connectivity index (χ1n) is 11.5. The quantitative estimate of drug-likeness (QED) is 0.437. The van der Waals surface area contributed by atoms with Crippen LogP contribution in [0, 0.1) is 0 Å². The van der Waals surface area contributed by atoms with E-state index in [0.29, 0.717) is 6.54 Å². The van der Waals surface area contributed by atoms with E-state index in [1.807, 2.05) is 0 Å². The standard InChI is InChI=1S/C28H38N2O/c1-5-10-27(31)22-29(19-23-11-7-6-8-12-23)21-26-13-9-18-30(26)20-24-14-16-25(17-15-24)28(2,3)4/h6-9,11-18,27,31H,5,10,19-22H2,1-4H3/t27-/m0/s1. The van der Waals surface area contributed by atoms with Crippen LogP contribution in [-0.2, 0) is 25.0 Å². The van der Waals surface area contributed by atoms with Gasteiger partial charge in [0.2, 0.25) is 0 Å². The zero-order valence-electron chi connectivity index (χ0n) is 19.6. The van der Waals surface area contributed by atoms with Crippen LogP contribution >= 0.6 is 0 Å². The smallest absolute Gasteiger partial charge is 0.0667 e. The van der Waals surface area contributed by atoms with Crippen LogP contribution in [0.1, 0.15) is 62.9 Å². The summed E-state index contributed by atoms with van der Waals surface area (Å²) in [5.41, 5.74) is 5.41. The van der Waals surface area contributed by atoms with E-state index in [9.17, 15) is 5.11 Å². The topological polar surface area (TPSA) is 28.4 Å². The van der Waals surface area contributed by atoms with Crippen molar-refractivity contribution in [1.82, 2.24) is 9.47 Å². The summed E-state index contributed by atoms with van der Waals surface area (Å²) in [6.07, 6.45) is 3.71. The van der Waals surface area contributed by atoms with Crippen molar-refractivity contribution in [1.29, 1.82) is 0 Å². The van der Waals surface area contributed by atoms with E-state index in [0.717, 1.165) is 32.5 Å². The Morgan fingerprint density at radius 1 is 0.871 bits per heavy atom. The van der Waals surface area contributed by atoms with Crippen molar-refractivity contribution >= 4 is 0 Å². The molecule has 166 valence electrons. The molecule has 0 fully saturated rings. The van der Waals surface area contributed by atoms with Crippen LogP contribution in [0.25, 0.3) is 0 Å². The van der Waals surface area contributed by atoms with E-state index < -0.39 is 0 Å². The second kappa shape index (κ2) is 10.8. The van der Waals surface area contributed by atoms with E-state index in [1.54, 1.807) is 0 Å². The molecule has 0 saturated heterocycles. The lowest BCUT2D eigenvalue weighted by molar-refractivity contribution is 0.0958. The van der Waals surface area contributed by atoms with Gasteiger partial charge in [-0.3, -0.25) is 4.90 Å². The number of aromatic nitrogens is 1. The molecule has 1 aromatic heterocycles. The molecule has 0 amide bonds. The van der Waals surface area contributed by atoms with Crippen LogP contribution in [0.15, 0.2) is 72.9 Å². The number of benzene rings is 2. The highest BCUT2D eigenvalue weighted by Crippen LogP contribution is 2.23. The highest BCUT2D eigenvalue weighted by molar-refractivity contribution is 5.28. The maximum absolute atomic E-state index is 10.5. The Morgan fingerprint density at radius 2 is 1.58 bits per heavy atom. The lowest BCUT2D eigenvalue weighted by atomic mass is 9.87. The first kappa shape index (κ1) is 23.3. The molecule has 0 aliphatic heterocycles. The van der Waals surface area contributed by atoms with Crippen molar-refractivity contribution < 1.29 is 5.11 Å². The molecule has 31 heavy (non-hydrogen) atoms. The van der Waals surface area contributed by atoms with Gasteiger partial charge in [0, 0.05) is 38.1 Å². The molecular formula is C28H38N2O. The van der Waals surface area contributed by atoms with Gasteiger partial charge < -0.3 is 9.67 Å². The number of aliphatic hydroxyl groups is 1. The van der Waals surface area contributed by atoms with E-state index in [4.69, 9.17) is 0 Å². The van der Waals surface area contributed by atoms with Crippen LogP contribution in [0.5, 0.6) is 0 Å². The zero-order chi connectivity index (χ0) is 22.3. The summed E-state index contributed by atoms with van der Waals surface area (Å²) in [5, 5.41) is 10.5. The summed E-state index contributed by atoms with van der Waals surface area (Å²) in [7, 11) is 0. The molecule has 1 N–H and O–H groups in total. The highest BCUT2D eigenvalue weighted by atomic mass is 16.3. The summed E-state index contributed by atoms with van der Waals surface area (Å²) in [6, 6.07) is 23.9. The van der Waals surface area contributed by atoms with Crippen molar-refractivity contribution in [3.8, 4) is 0 Å². The predicted molar refractivity (Wildman–Crippen MR) is 130 cm³/mol. The third kappa shape index (κ3) is 7.09. The lowest BCUT2D eigenvalue weighted by Gasteiger charge is -2.26. The van der Waals surface area contributed by atoms with Crippen LogP contribution < -0.4 is 0 Å². The molecule has 0 saturated carbocycles. The van der Waals surface area contributed by atoms with Crippen LogP contribution in [0.3, 0.4) is 0 Å². The molecule has 0 bridgehead atoms. The molecule has 0 radical (unpaired) electrons. The minimum absolute atomic E-state index is 0.175. The fourth-order valence-electron chi connectivity index (χ4n) is 4.03. The first-order chi connectivity index (χ1) is 14.8. The lowest BCUT2D eigenvalue weighted by Crippen LogP contribution is -2.32. The van der Waals surface area contributed by atoms with Crippen LogP contribution in [0.4, 0.5) is 0 Å². The highest BCUT2D eigenvalue weighted by Gasteiger charge is 2.15. The maximum atomic E-state index is 10.5. The van der Waals surface area contributed by atoms with Gasteiger partial charge in [-0.05, 0) is 40.7 Å². The minimum atomic E-state index is -0.290. The third-order valence-corrected chi connectivity index (χ3v) is 5.82. The summed E-state index contributed by atoms with van der Waals surface area (Å²) >= 11 is 0. The van der Waals surface area contributed by atoms with E-state index in [-0.39, 0.29) is 11.5 Å². The molecule has 3 rings (SSSR count). The fourth-order valence-corrected chi connectivity index (χ4v) is 4.03. The Morgan fingerprint density at radius 3 is 2.23 bits per heavy atom. The van der Waals surface area contributed by atoms with Gasteiger partial charge in [0.1, 0.15) is 0 Å². The molecule has 0 aliphatic rings. The number of nitrogens with zero attached hydrogens (tertiary/aromatic N) is 2. The molecule has 1 heterocycles. The fraction of sp³-hybridized carbons (Fsp3) is 0.429. The Labute approximate surface area is 188 Å². The average molecular weight is 419 g/mol. The van der Waals surface area contributed by atoms with E-state index in [1.165, 1.54) is 22.4 Å². The largest absolute Gasteiger partial charge is 0.392 e. The monoisotopic (exact) mass is 418 g/mol. The summed E-state index contributed by atoms with van der Waals surface area (Å²) in [5.74, 6) is 0. The minimum Gasteiger partial charge on any atom is -0.392 e. The Balaban J connectivity index is 1.72. The summed E-state index contributed by atoms with van der Waals surface area (Å²) in [6.45, 7) is 12.1. The van der Waals surface area contributed by atoms with Gasteiger partial charge >= 0.3 is 0 Å². The molecule has 0 unspecified atom stereocenters. The van der Waals surface area contributed by atoms with Crippen LogP contribution in [0.2, 0.25) is 0 Å². The third-order valence-electron chi connectivity index (χ3n) is 5.82. The van der Waals surface area contributed by atoms with Crippen LogP contribution in [-0.4, -0.2) is 27.2 Å².